The maximum atomic E-state index is 12.7. The number of hydrogen-bond acceptors (Lipinski definition) is 3. The van der Waals surface area contributed by atoms with Crippen LogP contribution in [0.3, 0.4) is 0 Å². The lowest BCUT2D eigenvalue weighted by molar-refractivity contribution is 0.250. The Balaban J connectivity index is 2.41. The molecule has 1 aromatic rings. The summed E-state index contributed by atoms with van der Waals surface area (Å²) in [4.78, 5) is -0.0899. The minimum Gasteiger partial charge on any atom is -0.327 e. The molecule has 0 aliphatic carbocycles. The maximum absolute atomic E-state index is 12.7. The first kappa shape index (κ1) is 16.3. The highest BCUT2D eigenvalue weighted by atomic mass is 35.5. The first-order valence-electron chi connectivity index (χ1n) is 6.13. The van der Waals surface area contributed by atoms with Gasteiger partial charge < -0.3 is 5.73 Å². The minimum atomic E-state index is -3.74. The second-order valence-corrected chi connectivity index (χ2v) is 8.12. The molecule has 112 valence electrons. The Bertz CT molecular complexity index is 598. The summed E-state index contributed by atoms with van der Waals surface area (Å²) in [5, 5.41) is 0.364. The molecule has 0 spiro atoms. The van der Waals surface area contributed by atoms with Crippen LogP contribution < -0.4 is 5.73 Å². The summed E-state index contributed by atoms with van der Waals surface area (Å²) in [6, 6.07) is 2.76. The van der Waals surface area contributed by atoms with Crippen molar-refractivity contribution < 1.29 is 8.42 Å². The van der Waals surface area contributed by atoms with E-state index < -0.39 is 10.0 Å². The quantitative estimate of drug-likeness (QED) is 0.885. The van der Waals surface area contributed by atoms with Crippen LogP contribution in [0.2, 0.25) is 15.1 Å². The van der Waals surface area contributed by atoms with Gasteiger partial charge in [-0.25, -0.2) is 8.42 Å². The van der Waals surface area contributed by atoms with Crippen LogP contribution in [0.25, 0.3) is 0 Å². The van der Waals surface area contributed by atoms with E-state index in [1.165, 1.54) is 16.4 Å². The molecule has 8 heteroatoms. The van der Waals surface area contributed by atoms with Crippen molar-refractivity contribution in [1.82, 2.24) is 4.31 Å². The zero-order valence-corrected chi connectivity index (χ0v) is 13.9. The highest BCUT2D eigenvalue weighted by Crippen LogP contribution is 2.35. The molecule has 2 atom stereocenters. The molecule has 0 amide bonds. The summed E-state index contributed by atoms with van der Waals surface area (Å²) in [5.74, 6) is 0.0865. The second-order valence-electron chi connectivity index (χ2n) is 4.99. The molecule has 4 nitrogen and oxygen atoms in total. The molecule has 2 unspecified atom stereocenters. The van der Waals surface area contributed by atoms with Crippen molar-refractivity contribution in [2.45, 2.75) is 24.3 Å². The van der Waals surface area contributed by atoms with Gasteiger partial charge in [-0.1, -0.05) is 41.7 Å². The van der Waals surface area contributed by atoms with E-state index in [1.807, 2.05) is 6.92 Å². The molecule has 1 aliphatic heterocycles. The van der Waals surface area contributed by atoms with Crippen LogP contribution in [-0.4, -0.2) is 31.9 Å². The van der Waals surface area contributed by atoms with E-state index in [0.717, 1.165) is 0 Å². The third-order valence-electron chi connectivity index (χ3n) is 3.50. The van der Waals surface area contributed by atoms with E-state index in [4.69, 9.17) is 40.5 Å². The molecule has 0 aromatic heterocycles. The first-order valence-corrected chi connectivity index (χ1v) is 8.71. The smallest absolute Gasteiger partial charge is 0.246 e. The Morgan fingerprint density at radius 1 is 1.25 bits per heavy atom. The van der Waals surface area contributed by atoms with Crippen LogP contribution in [0.4, 0.5) is 0 Å². The second kappa shape index (κ2) is 5.99. The average molecular weight is 358 g/mol. The molecule has 1 saturated heterocycles. The zero-order valence-electron chi connectivity index (χ0n) is 10.8. The summed E-state index contributed by atoms with van der Waals surface area (Å²) < 4.78 is 26.7. The summed E-state index contributed by atoms with van der Waals surface area (Å²) in [5.41, 5.74) is 5.91. The van der Waals surface area contributed by atoms with Gasteiger partial charge in [0.25, 0.3) is 0 Å². The molecule has 0 bridgehead atoms. The predicted molar refractivity (Wildman–Crippen MR) is 82.0 cm³/mol. The van der Waals surface area contributed by atoms with E-state index in [9.17, 15) is 8.42 Å². The molecule has 2 rings (SSSR count). The predicted octanol–water partition coefficient (Wildman–Crippen LogP) is 3.00. The van der Waals surface area contributed by atoms with Gasteiger partial charge >= 0.3 is 0 Å². The van der Waals surface area contributed by atoms with Gasteiger partial charge in [-0.2, -0.15) is 4.31 Å². The monoisotopic (exact) mass is 356 g/mol. The molecule has 20 heavy (non-hydrogen) atoms. The molecule has 1 fully saturated rings. The fourth-order valence-corrected chi connectivity index (χ4v) is 5.30. The van der Waals surface area contributed by atoms with Gasteiger partial charge in [0, 0.05) is 24.2 Å². The minimum absolute atomic E-state index is 0.0117. The molecule has 1 aromatic carbocycles. The topological polar surface area (TPSA) is 63.4 Å². The van der Waals surface area contributed by atoms with Crippen molar-refractivity contribution in [2.75, 3.05) is 13.1 Å². The number of hydrogen-bond donors (Lipinski definition) is 1. The Kier molecular flexibility index (Phi) is 4.89. The van der Waals surface area contributed by atoms with E-state index in [1.54, 1.807) is 0 Å². The van der Waals surface area contributed by atoms with E-state index in [-0.39, 0.29) is 26.9 Å². The van der Waals surface area contributed by atoms with E-state index in [0.29, 0.717) is 24.5 Å². The van der Waals surface area contributed by atoms with Crippen LogP contribution in [0, 0.1) is 5.92 Å². The molecule has 2 N–H and O–H groups in total. The van der Waals surface area contributed by atoms with Gasteiger partial charge in [0.1, 0.15) is 4.90 Å². The van der Waals surface area contributed by atoms with Crippen LogP contribution in [-0.2, 0) is 10.0 Å². The Morgan fingerprint density at radius 2 is 1.80 bits per heavy atom. The Labute approximate surface area is 133 Å². The van der Waals surface area contributed by atoms with Crippen molar-refractivity contribution in [2.24, 2.45) is 11.7 Å². The zero-order chi connectivity index (χ0) is 15.1. The lowest BCUT2D eigenvalue weighted by atomic mass is 9.96. The number of benzene rings is 1. The molecule has 1 aliphatic rings. The van der Waals surface area contributed by atoms with Crippen LogP contribution in [0.1, 0.15) is 13.3 Å². The van der Waals surface area contributed by atoms with Crippen LogP contribution in [0.15, 0.2) is 17.0 Å². The van der Waals surface area contributed by atoms with Gasteiger partial charge in [0.15, 0.2) is 0 Å². The first-order chi connectivity index (χ1) is 9.23. The van der Waals surface area contributed by atoms with E-state index >= 15 is 0 Å². The molecule has 0 radical (unpaired) electrons. The SMILES string of the molecule is CC1CN(S(=O)(=O)c2c(Cl)cc(Cl)cc2Cl)CCC1N. The van der Waals surface area contributed by atoms with Crippen LogP contribution >= 0.6 is 34.8 Å². The molecule has 1 heterocycles. The van der Waals surface area contributed by atoms with Crippen molar-refractivity contribution in [3.8, 4) is 0 Å². The lowest BCUT2D eigenvalue weighted by Gasteiger charge is -2.34. The van der Waals surface area contributed by atoms with Crippen molar-refractivity contribution >= 4 is 44.8 Å². The summed E-state index contributed by atoms with van der Waals surface area (Å²) >= 11 is 17.8. The number of nitrogens with zero attached hydrogens (tertiary/aromatic N) is 1. The molecular formula is C12H15Cl3N2O2S. The number of nitrogens with two attached hydrogens (primary N) is 1. The van der Waals surface area contributed by atoms with Gasteiger partial charge in [-0.3, -0.25) is 0 Å². The number of sulfonamides is 1. The van der Waals surface area contributed by atoms with Gasteiger partial charge in [0.05, 0.1) is 10.0 Å². The third-order valence-corrected chi connectivity index (χ3v) is 6.50. The molecular weight excluding hydrogens is 343 g/mol. The summed E-state index contributed by atoms with van der Waals surface area (Å²) in [6.45, 7) is 2.65. The third kappa shape index (κ3) is 3.08. The summed E-state index contributed by atoms with van der Waals surface area (Å²) in [7, 11) is -3.74. The van der Waals surface area contributed by atoms with Crippen LogP contribution in [0.5, 0.6) is 0 Å². The normalized spacial score (nSPS) is 24.9. The number of rotatable bonds is 2. The number of piperidine rings is 1. The van der Waals surface area contributed by atoms with Gasteiger partial charge in [0.2, 0.25) is 10.0 Å². The fourth-order valence-electron chi connectivity index (χ4n) is 2.25. The standard InChI is InChI=1S/C12H15Cl3N2O2S/c1-7-6-17(3-2-11(7)16)20(18,19)12-9(14)4-8(13)5-10(12)15/h4-5,7,11H,2-3,6,16H2,1H3. The lowest BCUT2D eigenvalue weighted by Crippen LogP contribution is -2.48. The highest BCUT2D eigenvalue weighted by Gasteiger charge is 2.34. The van der Waals surface area contributed by atoms with Crippen molar-refractivity contribution in [3.63, 3.8) is 0 Å². The fraction of sp³-hybridized carbons (Fsp3) is 0.500. The Hall–Kier alpha value is -0.0400. The van der Waals surface area contributed by atoms with Gasteiger partial charge in [-0.05, 0) is 24.5 Å². The highest BCUT2D eigenvalue weighted by molar-refractivity contribution is 7.89. The van der Waals surface area contributed by atoms with Crippen molar-refractivity contribution in [3.05, 3.63) is 27.2 Å². The number of halogens is 3. The maximum Gasteiger partial charge on any atom is 0.246 e. The average Bonchev–Trinajstić information content (AvgIpc) is 2.30. The van der Waals surface area contributed by atoms with Crippen molar-refractivity contribution in [1.29, 1.82) is 0 Å². The summed E-state index contributed by atoms with van der Waals surface area (Å²) in [6.07, 6.45) is 0.614. The largest absolute Gasteiger partial charge is 0.327 e. The van der Waals surface area contributed by atoms with Gasteiger partial charge in [-0.15, -0.1) is 0 Å². The Morgan fingerprint density at radius 3 is 2.30 bits per heavy atom. The van der Waals surface area contributed by atoms with E-state index in [2.05, 4.69) is 0 Å². The molecule has 0 saturated carbocycles.